The average molecular weight is 264 g/mol. The van der Waals surface area contributed by atoms with Crippen molar-refractivity contribution in [2.24, 2.45) is 5.41 Å². The van der Waals surface area contributed by atoms with Crippen LogP contribution in [-0.2, 0) is 0 Å². The van der Waals surface area contributed by atoms with E-state index >= 15 is 0 Å². The van der Waals surface area contributed by atoms with Crippen molar-refractivity contribution < 1.29 is 9.13 Å². The molecule has 4 heteroatoms. The van der Waals surface area contributed by atoms with E-state index < -0.39 is 0 Å². The van der Waals surface area contributed by atoms with Crippen molar-refractivity contribution in [3.05, 3.63) is 24.0 Å². The number of nitrogens with zero attached hydrogens (tertiary/aromatic N) is 1. The van der Waals surface area contributed by atoms with Gasteiger partial charge in [0.05, 0.1) is 24.3 Å². The van der Waals surface area contributed by atoms with Crippen LogP contribution in [0.3, 0.4) is 0 Å². The van der Waals surface area contributed by atoms with Crippen LogP contribution in [0.1, 0.15) is 33.1 Å². The summed E-state index contributed by atoms with van der Waals surface area (Å²) in [5.74, 6) is 0.204. The maximum Gasteiger partial charge on any atom is 0.144 e. The van der Waals surface area contributed by atoms with Crippen molar-refractivity contribution in [2.75, 3.05) is 19.0 Å². The third-order valence-electron chi connectivity index (χ3n) is 3.01. The largest absolute Gasteiger partial charge is 0.494 e. The van der Waals surface area contributed by atoms with E-state index in [0.29, 0.717) is 5.75 Å². The lowest BCUT2D eigenvalue weighted by molar-refractivity contribution is 0.412. The smallest absolute Gasteiger partial charge is 0.144 e. The van der Waals surface area contributed by atoms with Gasteiger partial charge in [-0.1, -0.05) is 6.42 Å². The van der Waals surface area contributed by atoms with Crippen molar-refractivity contribution in [2.45, 2.75) is 33.1 Å². The first-order valence-electron chi connectivity index (χ1n) is 6.47. The molecular formula is C15H21FN2O. The number of methoxy groups -OCH3 is 1. The summed E-state index contributed by atoms with van der Waals surface area (Å²) in [5.41, 5.74) is 0.538. The summed E-state index contributed by atoms with van der Waals surface area (Å²) in [6.45, 7) is 4.68. The first-order chi connectivity index (χ1) is 8.98. The summed E-state index contributed by atoms with van der Waals surface area (Å²) in [6, 6.07) is 6.73. The van der Waals surface area contributed by atoms with Crippen molar-refractivity contribution >= 4 is 5.69 Å². The van der Waals surface area contributed by atoms with Gasteiger partial charge in [0.1, 0.15) is 11.6 Å². The van der Waals surface area contributed by atoms with Crippen LogP contribution in [0.4, 0.5) is 10.1 Å². The van der Waals surface area contributed by atoms with E-state index in [1.807, 2.05) is 13.8 Å². The molecule has 0 heterocycles. The van der Waals surface area contributed by atoms with Crippen molar-refractivity contribution in [1.29, 1.82) is 5.26 Å². The van der Waals surface area contributed by atoms with Gasteiger partial charge in [0.25, 0.3) is 0 Å². The molecule has 0 amide bonds. The summed E-state index contributed by atoms with van der Waals surface area (Å²) >= 11 is 0. The Balaban J connectivity index is 2.36. The molecule has 0 aliphatic carbocycles. The van der Waals surface area contributed by atoms with Gasteiger partial charge in [0, 0.05) is 12.6 Å². The van der Waals surface area contributed by atoms with Crippen LogP contribution in [0.5, 0.6) is 5.75 Å². The second kappa shape index (κ2) is 6.98. The van der Waals surface area contributed by atoms with Gasteiger partial charge >= 0.3 is 0 Å². The van der Waals surface area contributed by atoms with E-state index in [1.54, 1.807) is 6.07 Å². The van der Waals surface area contributed by atoms with E-state index in [2.05, 4.69) is 11.4 Å². The Kier molecular flexibility index (Phi) is 5.62. The molecule has 1 aromatic rings. The number of rotatable bonds is 7. The van der Waals surface area contributed by atoms with E-state index in [0.717, 1.165) is 31.5 Å². The van der Waals surface area contributed by atoms with Crippen LogP contribution in [0.15, 0.2) is 18.2 Å². The van der Waals surface area contributed by atoms with Crippen LogP contribution >= 0.6 is 0 Å². The molecule has 0 bridgehead atoms. The molecule has 0 aliphatic rings. The standard InChI is InChI=1S/C15H21FN2O/c1-15(2,11-17)8-4-5-9-18-13-7-6-12(16)10-14(13)19-3/h6-7,10,18H,4-5,8-9H2,1-3H3. The fourth-order valence-corrected chi connectivity index (χ4v) is 1.78. The minimum Gasteiger partial charge on any atom is -0.494 e. The summed E-state index contributed by atoms with van der Waals surface area (Å²) in [5, 5.41) is 12.1. The molecule has 19 heavy (non-hydrogen) atoms. The fraction of sp³-hybridized carbons (Fsp3) is 0.533. The van der Waals surface area contributed by atoms with Crippen molar-refractivity contribution in [1.82, 2.24) is 0 Å². The van der Waals surface area contributed by atoms with E-state index in [9.17, 15) is 4.39 Å². The Morgan fingerprint density at radius 3 is 2.74 bits per heavy atom. The zero-order chi connectivity index (χ0) is 14.3. The molecule has 0 unspecified atom stereocenters. The highest BCUT2D eigenvalue weighted by Crippen LogP contribution is 2.25. The number of nitrogens with one attached hydrogen (secondary N) is 1. The Morgan fingerprint density at radius 1 is 1.37 bits per heavy atom. The zero-order valence-electron chi connectivity index (χ0n) is 11.8. The van der Waals surface area contributed by atoms with Gasteiger partial charge in [0.2, 0.25) is 0 Å². The first kappa shape index (κ1) is 15.3. The lowest BCUT2D eigenvalue weighted by Gasteiger charge is -2.15. The molecule has 1 rings (SSSR count). The SMILES string of the molecule is COc1cc(F)ccc1NCCCCC(C)(C)C#N. The third-order valence-corrected chi connectivity index (χ3v) is 3.01. The predicted octanol–water partition coefficient (Wildman–Crippen LogP) is 3.97. The molecule has 0 aromatic heterocycles. The highest BCUT2D eigenvalue weighted by Gasteiger charge is 2.15. The highest BCUT2D eigenvalue weighted by molar-refractivity contribution is 5.56. The second-order valence-corrected chi connectivity index (χ2v) is 5.22. The number of anilines is 1. The molecule has 104 valence electrons. The summed E-state index contributed by atoms with van der Waals surface area (Å²) in [4.78, 5) is 0. The second-order valence-electron chi connectivity index (χ2n) is 5.22. The van der Waals surface area contributed by atoms with Crippen LogP contribution in [0.25, 0.3) is 0 Å². The minimum atomic E-state index is -0.307. The first-order valence-corrected chi connectivity index (χ1v) is 6.47. The molecule has 0 radical (unpaired) electrons. The summed E-state index contributed by atoms with van der Waals surface area (Å²) in [7, 11) is 1.52. The molecule has 3 nitrogen and oxygen atoms in total. The Hall–Kier alpha value is -1.76. The number of unbranched alkanes of at least 4 members (excludes halogenated alkanes) is 1. The van der Waals surface area contributed by atoms with Gasteiger partial charge in [-0.05, 0) is 38.8 Å². The quantitative estimate of drug-likeness (QED) is 0.758. The van der Waals surface area contributed by atoms with Crippen LogP contribution in [0, 0.1) is 22.6 Å². The molecule has 1 aromatic carbocycles. The summed E-state index contributed by atoms with van der Waals surface area (Å²) in [6.07, 6.45) is 2.83. The van der Waals surface area contributed by atoms with E-state index in [4.69, 9.17) is 10.00 Å². The molecule has 0 saturated carbocycles. The van der Waals surface area contributed by atoms with Crippen molar-refractivity contribution in [3.63, 3.8) is 0 Å². The van der Waals surface area contributed by atoms with Gasteiger partial charge in [-0.15, -0.1) is 0 Å². The monoisotopic (exact) mass is 264 g/mol. The lowest BCUT2D eigenvalue weighted by Crippen LogP contribution is -2.09. The molecule has 0 saturated heterocycles. The topological polar surface area (TPSA) is 45.0 Å². The molecule has 1 N–H and O–H groups in total. The number of hydrogen-bond acceptors (Lipinski definition) is 3. The molecule has 0 atom stereocenters. The van der Waals surface area contributed by atoms with E-state index in [1.165, 1.54) is 19.2 Å². The third kappa shape index (κ3) is 5.17. The maximum absolute atomic E-state index is 13.0. The predicted molar refractivity (Wildman–Crippen MR) is 74.7 cm³/mol. The van der Waals surface area contributed by atoms with Gasteiger partial charge in [0.15, 0.2) is 0 Å². The van der Waals surface area contributed by atoms with Crippen LogP contribution in [-0.4, -0.2) is 13.7 Å². The number of benzene rings is 1. The Labute approximate surface area is 114 Å². The number of halogens is 1. The molecule has 0 fully saturated rings. The van der Waals surface area contributed by atoms with Crippen LogP contribution in [0.2, 0.25) is 0 Å². The van der Waals surface area contributed by atoms with Crippen LogP contribution < -0.4 is 10.1 Å². The highest BCUT2D eigenvalue weighted by atomic mass is 19.1. The molecule has 0 aliphatic heterocycles. The lowest BCUT2D eigenvalue weighted by atomic mass is 9.89. The van der Waals surface area contributed by atoms with Gasteiger partial charge < -0.3 is 10.1 Å². The molecular weight excluding hydrogens is 243 g/mol. The number of ether oxygens (including phenoxy) is 1. The number of hydrogen-bond donors (Lipinski definition) is 1. The van der Waals surface area contributed by atoms with E-state index in [-0.39, 0.29) is 11.2 Å². The van der Waals surface area contributed by atoms with Crippen molar-refractivity contribution in [3.8, 4) is 11.8 Å². The van der Waals surface area contributed by atoms with Gasteiger partial charge in [-0.2, -0.15) is 5.26 Å². The average Bonchev–Trinajstić information content (AvgIpc) is 2.39. The minimum absolute atomic E-state index is 0.256. The molecule has 0 spiro atoms. The maximum atomic E-state index is 13.0. The Bertz CT molecular complexity index is 452. The van der Waals surface area contributed by atoms with Gasteiger partial charge in [-0.3, -0.25) is 0 Å². The summed E-state index contributed by atoms with van der Waals surface area (Å²) < 4.78 is 18.1. The normalized spacial score (nSPS) is 10.9. The van der Waals surface area contributed by atoms with Gasteiger partial charge in [-0.25, -0.2) is 4.39 Å². The number of nitriles is 1. The zero-order valence-corrected chi connectivity index (χ0v) is 11.8. The Morgan fingerprint density at radius 2 is 2.11 bits per heavy atom. The fourth-order valence-electron chi connectivity index (χ4n) is 1.78.